The number of likely N-dealkylation sites (tertiary alicyclic amines) is 1. The fourth-order valence-electron chi connectivity index (χ4n) is 2.61. The first-order valence-electron chi connectivity index (χ1n) is 7.25. The molecule has 0 amide bonds. The molecule has 1 saturated heterocycles. The first-order chi connectivity index (χ1) is 10.2. The van der Waals surface area contributed by atoms with Crippen LogP contribution in [0.3, 0.4) is 0 Å². The smallest absolute Gasteiger partial charge is 0.241 e. The molecule has 7 heteroatoms. The van der Waals surface area contributed by atoms with Crippen LogP contribution in [0.15, 0.2) is 28.8 Å². The third-order valence-corrected chi connectivity index (χ3v) is 4.22. The molecule has 0 bridgehead atoms. The second kappa shape index (κ2) is 7.92. The SMILES string of the molecule is Cl.NCC1CCN(Cc2nc(-c3ccc(Cl)cc3)no2)CC1. The lowest BCUT2D eigenvalue weighted by Gasteiger charge is -2.30. The highest BCUT2D eigenvalue weighted by atomic mass is 35.5. The average molecular weight is 343 g/mol. The fourth-order valence-corrected chi connectivity index (χ4v) is 2.73. The summed E-state index contributed by atoms with van der Waals surface area (Å²) >= 11 is 5.88. The Morgan fingerprint density at radius 2 is 1.91 bits per heavy atom. The molecule has 2 N–H and O–H groups in total. The van der Waals surface area contributed by atoms with Gasteiger partial charge in [-0.05, 0) is 62.7 Å². The molecule has 2 aromatic rings. The minimum absolute atomic E-state index is 0. The van der Waals surface area contributed by atoms with E-state index >= 15 is 0 Å². The summed E-state index contributed by atoms with van der Waals surface area (Å²) in [7, 11) is 0. The summed E-state index contributed by atoms with van der Waals surface area (Å²) in [5, 5.41) is 4.74. The Labute approximate surface area is 141 Å². The molecule has 5 nitrogen and oxygen atoms in total. The minimum atomic E-state index is 0. The maximum atomic E-state index is 5.88. The lowest BCUT2D eigenvalue weighted by Crippen LogP contribution is -2.35. The molecule has 1 fully saturated rings. The van der Waals surface area contributed by atoms with E-state index in [2.05, 4.69) is 15.0 Å². The van der Waals surface area contributed by atoms with Crippen molar-refractivity contribution in [3.05, 3.63) is 35.2 Å². The van der Waals surface area contributed by atoms with Crippen LogP contribution in [0.25, 0.3) is 11.4 Å². The second-order valence-corrected chi connectivity index (χ2v) is 5.91. The molecule has 1 aliphatic rings. The first-order valence-corrected chi connectivity index (χ1v) is 7.63. The molecule has 0 radical (unpaired) electrons. The van der Waals surface area contributed by atoms with Crippen LogP contribution >= 0.6 is 24.0 Å². The Balaban J connectivity index is 0.00000176. The molecule has 0 aliphatic carbocycles. The van der Waals surface area contributed by atoms with Gasteiger partial charge in [-0.2, -0.15) is 4.98 Å². The molecule has 1 aromatic carbocycles. The highest BCUT2D eigenvalue weighted by Crippen LogP contribution is 2.21. The van der Waals surface area contributed by atoms with E-state index in [-0.39, 0.29) is 12.4 Å². The van der Waals surface area contributed by atoms with Crippen molar-refractivity contribution in [2.45, 2.75) is 19.4 Å². The second-order valence-electron chi connectivity index (χ2n) is 5.47. The Hall–Kier alpha value is -1.14. The van der Waals surface area contributed by atoms with E-state index in [9.17, 15) is 0 Å². The minimum Gasteiger partial charge on any atom is -0.338 e. The van der Waals surface area contributed by atoms with Crippen LogP contribution in [0.5, 0.6) is 0 Å². The van der Waals surface area contributed by atoms with E-state index in [0.29, 0.717) is 29.2 Å². The summed E-state index contributed by atoms with van der Waals surface area (Å²) in [5.74, 6) is 1.93. The highest BCUT2D eigenvalue weighted by molar-refractivity contribution is 6.30. The van der Waals surface area contributed by atoms with Crippen molar-refractivity contribution >= 4 is 24.0 Å². The van der Waals surface area contributed by atoms with Crippen molar-refractivity contribution < 1.29 is 4.52 Å². The van der Waals surface area contributed by atoms with Crippen LogP contribution in [0.2, 0.25) is 5.02 Å². The van der Waals surface area contributed by atoms with Crippen molar-refractivity contribution in [1.82, 2.24) is 15.0 Å². The zero-order valence-corrected chi connectivity index (χ0v) is 13.8. The van der Waals surface area contributed by atoms with Gasteiger partial charge in [0.25, 0.3) is 0 Å². The van der Waals surface area contributed by atoms with Crippen LogP contribution in [-0.4, -0.2) is 34.7 Å². The number of halogens is 2. The maximum Gasteiger partial charge on any atom is 0.241 e. The van der Waals surface area contributed by atoms with Crippen molar-refractivity contribution in [3.63, 3.8) is 0 Å². The molecular formula is C15H20Cl2N4O. The molecule has 0 atom stereocenters. The summed E-state index contributed by atoms with van der Waals surface area (Å²) in [6, 6.07) is 7.43. The normalized spacial score (nSPS) is 16.5. The van der Waals surface area contributed by atoms with Crippen LogP contribution < -0.4 is 5.73 Å². The number of benzene rings is 1. The topological polar surface area (TPSA) is 68.2 Å². The van der Waals surface area contributed by atoms with Gasteiger partial charge in [-0.25, -0.2) is 0 Å². The highest BCUT2D eigenvalue weighted by Gasteiger charge is 2.20. The monoisotopic (exact) mass is 342 g/mol. The van der Waals surface area contributed by atoms with Crippen molar-refractivity contribution in [1.29, 1.82) is 0 Å². The van der Waals surface area contributed by atoms with Crippen LogP contribution in [0, 0.1) is 5.92 Å². The maximum absolute atomic E-state index is 5.88. The number of rotatable bonds is 4. The quantitative estimate of drug-likeness (QED) is 0.924. The molecule has 22 heavy (non-hydrogen) atoms. The van der Waals surface area contributed by atoms with Gasteiger partial charge in [0.05, 0.1) is 6.54 Å². The zero-order chi connectivity index (χ0) is 14.7. The Morgan fingerprint density at radius 1 is 1.23 bits per heavy atom. The molecular weight excluding hydrogens is 323 g/mol. The predicted octanol–water partition coefficient (Wildman–Crippen LogP) is 2.98. The lowest BCUT2D eigenvalue weighted by molar-refractivity contribution is 0.161. The summed E-state index contributed by atoms with van der Waals surface area (Å²) in [6.07, 6.45) is 2.29. The van der Waals surface area contributed by atoms with Crippen molar-refractivity contribution in [2.75, 3.05) is 19.6 Å². The van der Waals surface area contributed by atoms with Crippen molar-refractivity contribution in [2.24, 2.45) is 11.7 Å². The van der Waals surface area contributed by atoms with Gasteiger partial charge in [0.15, 0.2) is 0 Å². The Morgan fingerprint density at radius 3 is 2.55 bits per heavy atom. The largest absolute Gasteiger partial charge is 0.338 e. The van der Waals surface area contributed by atoms with Gasteiger partial charge in [-0.15, -0.1) is 12.4 Å². The molecule has 120 valence electrons. The van der Waals surface area contributed by atoms with E-state index in [1.54, 1.807) is 0 Å². The Kier molecular flexibility index (Phi) is 6.20. The van der Waals surface area contributed by atoms with Gasteiger partial charge in [0.1, 0.15) is 0 Å². The molecule has 3 rings (SSSR count). The standard InChI is InChI=1S/C15H19ClN4O.ClH/c16-13-3-1-12(2-4-13)15-18-14(21-19-15)10-20-7-5-11(9-17)6-8-20;/h1-4,11H,5-10,17H2;1H. The summed E-state index contributed by atoms with van der Waals surface area (Å²) in [6.45, 7) is 3.58. The summed E-state index contributed by atoms with van der Waals surface area (Å²) < 4.78 is 5.34. The third-order valence-electron chi connectivity index (χ3n) is 3.97. The van der Waals surface area contributed by atoms with Gasteiger partial charge < -0.3 is 10.3 Å². The molecule has 0 unspecified atom stereocenters. The van der Waals surface area contributed by atoms with E-state index in [1.807, 2.05) is 24.3 Å². The molecule has 1 aromatic heterocycles. The van der Waals surface area contributed by atoms with Crippen molar-refractivity contribution in [3.8, 4) is 11.4 Å². The van der Waals surface area contributed by atoms with E-state index < -0.39 is 0 Å². The van der Waals surface area contributed by atoms with E-state index in [4.69, 9.17) is 21.9 Å². The van der Waals surface area contributed by atoms with Gasteiger partial charge in [-0.1, -0.05) is 16.8 Å². The number of aromatic nitrogens is 2. The number of piperidine rings is 1. The summed E-state index contributed by atoms with van der Waals surface area (Å²) in [4.78, 5) is 6.79. The summed E-state index contributed by atoms with van der Waals surface area (Å²) in [5.41, 5.74) is 6.62. The van der Waals surface area contributed by atoms with Gasteiger partial charge in [0.2, 0.25) is 11.7 Å². The van der Waals surface area contributed by atoms with Crippen LogP contribution in [0.1, 0.15) is 18.7 Å². The number of nitrogens with zero attached hydrogens (tertiary/aromatic N) is 3. The molecule has 0 saturated carbocycles. The third kappa shape index (κ3) is 4.20. The van der Waals surface area contributed by atoms with Crippen LogP contribution in [-0.2, 0) is 6.54 Å². The number of hydrogen-bond donors (Lipinski definition) is 1. The molecule has 0 spiro atoms. The zero-order valence-electron chi connectivity index (χ0n) is 12.2. The van der Waals surface area contributed by atoms with Crippen LogP contribution in [0.4, 0.5) is 0 Å². The number of hydrogen-bond acceptors (Lipinski definition) is 5. The van der Waals surface area contributed by atoms with Gasteiger partial charge in [-0.3, -0.25) is 4.90 Å². The van der Waals surface area contributed by atoms with Gasteiger partial charge >= 0.3 is 0 Å². The van der Waals surface area contributed by atoms with E-state index in [1.165, 1.54) is 0 Å². The number of nitrogens with two attached hydrogens (primary N) is 1. The van der Waals surface area contributed by atoms with E-state index in [0.717, 1.165) is 38.0 Å². The fraction of sp³-hybridized carbons (Fsp3) is 0.467. The molecule has 1 aliphatic heterocycles. The predicted molar refractivity (Wildman–Crippen MR) is 89.0 cm³/mol. The lowest BCUT2D eigenvalue weighted by atomic mass is 9.97. The first kappa shape index (κ1) is 17.2. The molecule has 2 heterocycles. The average Bonchev–Trinajstić information content (AvgIpc) is 2.97. The Bertz CT molecular complexity index is 579. The van der Waals surface area contributed by atoms with Gasteiger partial charge in [0, 0.05) is 10.6 Å².